The maximum Gasteiger partial charge on any atom is 0.130 e. The van der Waals surface area contributed by atoms with Crippen LogP contribution in [0.4, 0.5) is 0 Å². The van der Waals surface area contributed by atoms with Crippen molar-refractivity contribution in [1.29, 1.82) is 0 Å². The van der Waals surface area contributed by atoms with E-state index >= 15 is 0 Å². The zero-order chi connectivity index (χ0) is 18.0. The van der Waals surface area contributed by atoms with E-state index in [2.05, 4.69) is 71.7 Å². The molecule has 0 aliphatic rings. The van der Waals surface area contributed by atoms with Gasteiger partial charge in [0.1, 0.15) is 11.5 Å². The molecule has 130 valence electrons. The van der Waals surface area contributed by atoms with E-state index in [0.717, 1.165) is 44.4 Å². The molecule has 0 N–H and O–H groups in total. The van der Waals surface area contributed by atoms with Crippen molar-refractivity contribution < 1.29 is 9.47 Å². The summed E-state index contributed by atoms with van der Waals surface area (Å²) in [5.74, 6) is 1.83. The van der Waals surface area contributed by atoms with Crippen molar-refractivity contribution in [2.45, 2.75) is 38.4 Å². The normalized spacial score (nSPS) is 10.8. The smallest absolute Gasteiger partial charge is 0.130 e. The Kier molecular flexibility index (Phi) is 6.38. The highest BCUT2D eigenvalue weighted by atomic mass is 79.9. The molecule has 0 amide bonds. The molecule has 0 unspecified atom stereocenters. The Morgan fingerprint density at radius 1 is 0.667 bits per heavy atom. The molecule has 0 aliphatic carbocycles. The first-order valence-electron chi connectivity index (χ1n) is 7.87. The monoisotopic (exact) mass is 454 g/mol. The fourth-order valence-corrected chi connectivity index (χ4v) is 4.86. The van der Waals surface area contributed by atoms with Crippen molar-refractivity contribution in [2.24, 2.45) is 0 Å². The van der Waals surface area contributed by atoms with E-state index in [9.17, 15) is 0 Å². The molecule has 0 fully saturated rings. The van der Waals surface area contributed by atoms with E-state index in [1.807, 2.05) is 0 Å². The molecule has 2 rings (SSSR count). The van der Waals surface area contributed by atoms with Crippen LogP contribution in [0, 0.1) is 27.7 Å². The van der Waals surface area contributed by atoms with E-state index in [1.54, 1.807) is 14.2 Å². The fourth-order valence-electron chi connectivity index (χ4n) is 3.42. The predicted octanol–water partition coefficient (Wildman–Crippen LogP) is 6.39. The molecule has 0 heterocycles. The largest absolute Gasteiger partial charge is 0.496 e. The van der Waals surface area contributed by atoms with Crippen molar-refractivity contribution in [3.8, 4) is 22.6 Å². The molecule has 0 spiro atoms. The van der Waals surface area contributed by atoms with E-state index in [1.165, 1.54) is 22.3 Å². The average molecular weight is 456 g/mol. The minimum atomic E-state index is 0.767. The third kappa shape index (κ3) is 3.23. The summed E-state index contributed by atoms with van der Waals surface area (Å²) in [4.78, 5) is 0. The second-order valence-electron chi connectivity index (χ2n) is 6.06. The van der Waals surface area contributed by atoms with Crippen LogP contribution in [-0.4, -0.2) is 14.2 Å². The lowest BCUT2D eigenvalue weighted by Crippen LogP contribution is -2.04. The van der Waals surface area contributed by atoms with Gasteiger partial charge >= 0.3 is 0 Å². The molecule has 0 saturated carbocycles. The molecule has 0 aliphatic heterocycles. The van der Waals surface area contributed by atoms with E-state index in [0.29, 0.717) is 0 Å². The first-order valence-corrected chi connectivity index (χ1v) is 10.1. The number of aryl methyl sites for hydroxylation is 4. The Morgan fingerprint density at radius 2 is 1.00 bits per heavy atom. The van der Waals surface area contributed by atoms with Crippen LogP contribution >= 0.6 is 31.9 Å². The second kappa shape index (κ2) is 7.92. The molecule has 4 heteroatoms. The molecule has 0 aromatic heterocycles. The van der Waals surface area contributed by atoms with Crippen molar-refractivity contribution in [3.05, 3.63) is 45.5 Å². The zero-order valence-electron chi connectivity index (χ0n) is 15.1. The highest BCUT2D eigenvalue weighted by molar-refractivity contribution is 9.08. The molecular weight excluding hydrogens is 432 g/mol. The maximum atomic E-state index is 5.82. The van der Waals surface area contributed by atoms with Crippen LogP contribution in [0.3, 0.4) is 0 Å². The summed E-state index contributed by atoms with van der Waals surface area (Å²) in [5.41, 5.74) is 9.51. The molecular formula is C20H24Br2O2. The van der Waals surface area contributed by atoms with Crippen molar-refractivity contribution in [3.63, 3.8) is 0 Å². The number of hydrogen-bond donors (Lipinski definition) is 0. The lowest BCUT2D eigenvalue weighted by Gasteiger charge is -2.24. The second-order valence-corrected chi connectivity index (χ2v) is 7.18. The zero-order valence-corrected chi connectivity index (χ0v) is 18.3. The number of ether oxygens (including phenoxy) is 2. The van der Waals surface area contributed by atoms with Gasteiger partial charge in [-0.3, -0.25) is 0 Å². The first-order chi connectivity index (χ1) is 11.4. The van der Waals surface area contributed by atoms with Gasteiger partial charge in [0, 0.05) is 21.8 Å². The van der Waals surface area contributed by atoms with Gasteiger partial charge in [-0.15, -0.1) is 0 Å². The summed E-state index contributed by atoms with van der Waals surface area (Å²) in [5, 5.41) is 1.53. The summed E-state index contributed by atoms with van der Waals surface area (Å²) in [6.07, 6.45) is 0. The molecule has 0 atom stereocenters. The topological polar surface area (TPSA) is 18.5 Å². The highest BCUT2D eigenvalue weighted by Crippen LogP contribution is 2.47. The van der Waals surface area contributed by atoms with Gasteiger partial charge in [-0.25, -0.2) is 0 Å². The molecule has 0 bridgehead atoms. The Morgan fingerprint density at radius 3 is 1.25 bits per heavy atom. The number of methoxy groups -OCH3 is 2. The lowest BCUT2D eigenvalue weighted by atomic mass is 9.87. The number of benzene rings is 2. The molecule has 2 aromatic rings. The van der Waals surface area contributed by atoms with E-state index in [4.69, 9.17) is 9.47 Å². The minimum Gasteiger partial charge on any atom is -0.496 e. The Balaban J connectivity index is 3.06. The third-order valence-corrected chi connectivity index (χ3v) is 5.64. The van der Waals surface area contributed by atoms with Gasteiger partial charge in [-0.05, 0) is 61.1 Å². The van der Waals surface area contributed by atoms with Crippen LogP contribution in [0.15, 0.2) is 12.1 Å². The number of hydrogen-bond acceptors (Lipinski definition) is 2. The Labute approximate surface area is 161 Å². The molecule has 0 radical (unpaired) electrons. The highest BCUT2D eigenvalue weighted by Gasteiger charge is 2.24. The van der Waals surface area contributed by atoms with Gasteiger partial charge in [-0.2, -0.15) is 0 Å². The summed E-state index contributed by atoms with van der Waals surface area (Å²) >= 11 is 7.33. The van der Waals surface area contributed by atoms with Crippen LogP contribution in [0.1, 0.15) is 33.4 Å². The predicted molar refractivity (Wildman–Crippen MR) is 109 cm³/mol. The number of halogens is 2. The van der Waals surface area contributed by atoms with Gasteiger partial charge in [0.25, 0.3) is 0 Å². The van der Waals surface area contributed by atoms with Crippen LogP contribution < -0.4 is 9.47 Å². The average Bonchev–Trinajstić information content (AvgIpc) is 2.53. The quantitative estimate of drug-likeness (QED) is 0.486. The van der Waals surface area contributed by atoms with Gasteiger partial charge in [0.2, 0.25) is 0 Å². The number of alkyl halides is 2. The molecule has 0 saturated heterocycles. The van der Waals surface area contributed by atoms with Crippen LogP contribution in [0.2, 0.25) is 0 Å². The van der Waals surface area contributed by atoms with Crippen molar-refractivity contribution in [2.75, 3.05) is 14.2 Å². The maximum absolute atomic E-state index is 5.82. The van der Waals surface area contributed by atoms with Gasteiger partial charge < -0.3 is 9.47 Å². The van der Waals surface area contributed by atoms with E-state index in [-0.39, 0.29) is 0 Å². The van der Waals surface area contributed by atoms with Crippen LogP contribution in [0.25, 0.3) is 11.1 Å². The van der Waals surface area contributed by atoms with Crippen LogP contribution in [-0.2, 0) is 10.7 Å². The summed E-state index contributed by atoms with van der Waals surface area (Å²) in [7, 11) is 3.48. The lowest BCUT2D eigenvalue weighted by molar-refractivity contribution is 0.406. The van der Waals surface area contributed by atoms with Crippen molar-refractivity contribution >= 4 is 31.9 Å². The van der Waals surface area contributed by atoms with Crippen molar-refractivity contribution in [1.82, 2.24) is 0 Å². The van der Waals surface area contributed by atoms with E-state index < -0.39 is 0 Å². The molecule has 24 heavy (non-hydrogen) atoms. The molecule has 2 nitrogen and oxygen atoms in total. The standard InChI is InChI=1S/C20H24Br2O2/c1-11-7-13(3)19(23-5)17(15(11)9-21)18-16(10-22)12(2)8-14(4)20(18)24-6/h7-8H,9-10H2,1-6H3. The minimum absolute atomic E-state index is 0.767. The fraction of sp³-hybridized carbons (Fsp3) is 0.400. The van der Waals surface area contributed by atoms with Gasteiger partial charge in [0.15, 0.2) is 0 Å². The van der Waals surface area contributed by atoms with Crippen LogP contribution in [0.5, 0.6) is 11.5 Å². The van der Waals surface area contributed by atoms with Gasteiger partial charge in [0.05, 0.1) is 14.2 Å². The first kappa shape index (κ1) is 19.3. The Hall–Kier alpha value is -1.00. The molecule has 2 aromatic carbocycles. The number of rotatable bonds is 5. The SMILES string of the molecule is COc1c(C)cc(C)c(CBr)c1-c1c(CBr)c(C)cc(C)c1OC. The third-order valence-electron chi connectivity index (χ3n) is 4.52. The Bertz CT molecular complexity index is 645. The summed E-state index contributed by atoms with van der Waals surface area (Å²) in [6, 6.07) is 4.36. The summed E-state index contributed by atoms with van der Waals surface area (Å²) < 4.78 is 11.6. The van der Waals surface area contributed by atoms with Gasteiger partial charge in [-0.1, -0.05) is 44.0 Å². The summed E-state index contributed by atoms with van der Waals surface area (Å²) in [6.45, 7) is 8.48.